The van der Waals surface area contributed by atoms with Gasteiger partial charge >= 0.3 is 6.16 Å². The van der Waals surface area contributed by atoms with Crippen LogP contribution in [0.2, 0.25) is 0 Å². The van der Waals surface area contributed by atoms with Gasteiger partial charge in [-0.3, -0.25) is 0 Å². The van der Waals surface area contributed by atoms with Crippen LogP contribution in [0.4, 0.5) is 4.79 Å². The van der Waals surface area contributed by atoms with E-state index >= 15 is 0 Å². The maximum absolute atomic E-state index is 11.5. The zero-order valence-electron chi connectivity index (χ0n) is 17.0. The molecule has 0 amide bonds. The van der Waals surface area contributed by atoms with E-state index in [2.05, 4.69) is 69.4 Å². The standard InChI is InChI=1S/C20H37N2O3/c1-19(2,3)11-7-9-15-24-18(23)25-16-10-8-12-21-13-14-22(17-21)20(4,5)6/h13-14,17H,7-12,15-16H2,1-6H3/q+1. The van der Waals surface area contributed by atoms with Crippen molar-refractivity contribution in [2.75, 3.05) is 13.2 Å². The highest BCUT2D eigenvalue weighted by molar-refractivity contribution is 5.59. The zero-order chi connectivity index (χ0) is 18.9. The van der Waals surface area contributed by atoms with Crippen LogP contribution < -0.4 is 4.57 Å². The number of carbonyl (C=O) groups excluding carboxylic acids is 1. The van der Waals surface area contributed by atoms with Crippen LogP contribution in [0.5, 0.6) is 0 Å². The third kappa shape index (κ3) is 10.1. The van der Waals surface area contributed by atoms with Gasteiger partial charge in [-0.25, -0.2) is 13.9 Å². The largest absolute Gasteiger partial charge is 0.508 e. The topological polar surface area (TPSA) is 44.3 Å². The van der Waals surface area contributed by atoms with Gasteiger partial charge in [0.05, 0.1) is 19.8 Å². The second kappa shape index (κ2) is 9.83. The van der Waals surface area contributed by atoms with Crippen molar-refractivity contribution in [3.63, 3.8) is 0 Å². The van der Waals surface area contributed by atoms with Crippen molar-refractivity contribution in [3.8, 4) is 0 Å². The number of hydrogen-bond donors (Lipinski definition) is 0. The molecule has 0 aliphatic carbocycles. The van der Waals surface area contributed by atoms with Crippen molar-refractivity contribution >= 4 is 6.16 Å². The summed E-state index contributed by atoms with van der Waals surface area (Å²) in [5.74, 6) is 0. The number of imidazole rings is 1. The monoisotopic (exact) mass is 353 g/mol. The number of rotatable bonds is 9. The smallest absolute Gasteiger partial charge is 0.434 e. The molecule has 0 saturated carbocycles. The fraction of sp³-hybridized carbons (Fsp3) is 0.800. The Hall–Kier alpha value is -1.52. The Bertz CT molecular complexity index is 510. The minimum atomic E-state index is -0.540. The van der Waals surface area contributed by atoms with Crippen molar-refractivity contribution in [3.05, 3.63) is 18.7 Å². The van der Waals surface area contributed by atoms with Crippen LogP contribution in [0, 0.1) is 5.41 Å². The number of aryl methyl sites for hydroxylation is 1. The molecule has 1 aromatic rings. The average Bonchev–Trinajstić information content (AvgIpc) is 2.94. The normalized spacial score (nSPS) is 12.2. The maximum atomic E-state index is 11.5. The number of nitrogens with zero attached hydrogens (tertiary/aromatic N) is 2. The van der Waals surface area contributed by atoms with Crippen LogP contribution in [0.25, 0.3) is 0 Å². The van der Waals surface area contributed by atoms with Crippen molar-refractivity contribution in [1.82, 2.24) is 4.57 Å². The zero-order valence-corrected chi connectivity index (χ0v) is 17.0. The van der Waals surface area contributed by atoms with E-state index in [-0.39, 0.29) is 5.54 Å². The van der Waals surface area contributed by atoms with Gasteiger partial charge in [-0.05, 0) is 58.3 Å². The highest BCUT2D eigenvalue weighted by Gasteiger charge is 2.18. The quantitative estimate of drug-likeness (QED) is 0.368. The van der Waals surface area contributed by atoms with Gasteiger partial charge in [0.1, 0.15) is 17.9 Å². The minimum Gasteiger partial charge on any atom is -0.434 e. The Kier molecular flexibility index (Phi) is 8.46. The number of ether oxygens (including phenoxy) is 2. The molecule has 0 unspecified atom stereocenters. The van der Waals surface area contributed by atoms with Gasteiger partial charge in [0, 0.05) is 0 Å². The summed E-state index contributed by atoms with van der Waals surface area (Å²) < 4.78 is 14.6. The lowest BCUT2D eigenvalue weighted by Gasteiger charge is -2.17. The van der Waals surface area contributed by atoms with Crippen LogP contribution in [-0.2, 0) is 21.6 Å². The lowest BCUT2D eigenvalue weighted by atomic mass is 9.90. The number of hydrogen-bond acceptors (Lipinski definition) is 3. The van der Waals surface area contributed by atoms with Crippen molar-refractivity contribution in [1.29, 1.82) is 0 Å². The van der Waals surface area contributed by atoms with E-state index in [1.54, 1.807) is 0 Å². The molecule has 0 bridgehead atoms. The van der Waals surface area contributed by atoms with Crippen LogP contribution in [0.3, 0.4) is 0 Å². The van der Waals surface area contributed by atoms with E-state index in [1.807, 2.05) is 0 Å². The van der Waals surface area contributed by atoms with E-state index < -0.39 is 6.16 Å². The summed E-state index contributed by atoms with van der Waals surface area (Å²) in [5, 5.41) is 0. The van der Waals surface area contributed by atoms with Gasteiger partial charge in [-0.2, -0.15) is 0 Å². The molecule has 0 aliphatic rings. The van der Waals surface area contributed by atoms with Gasteiger partial charge in [0.2, 0.25) is 6.33 Å². The molecule has 5 heteroatoms. The first kappa shape index (κ1) is 21.5. The molecule has 0 saturated heterocycles. The average molecular weight is 354 g/mol. The number of carbonyl (C=O) groups is 1. The van der Waals surface area contributed by atoms with Crippen LogP contribution in [0.15, 0.2) is 18.7 Å². The molecule has 144 valence electrons. The fourth-order valence-electron chi connectivity index (χ4n) is 2.43. The molecule has 0 aromatic carbocycles. The Labute approximate surface area is 153 Å². The Morgan fingerprint density at radius 1 is 0.960 bits per heavy atom. The molecular formula is C20H37N2O3+. The first-order valence-corrected chi connectivity index (χ1v) is 9.45. The summed E-state index contributed by atoms with van der Waals surface area (Å²) in [6.45, 7) is 15.0. The molecular weight excluding hydrogens is 316 g/mol. The highest BCUT2D eigenvalue weighted by Crippen LogP contribution is 2.21. The first-order valence-electron chi connectivity index (χ1n) is 9.45. The molecule has 1 rings (SSSR count). The second-order valence-electron chi connectivity index (χ2n) is 8.90. The molecule has 0 atom stereocenters. The van der Waals surface area contributed by atoms with Gasteiger partial charge < -0.3 is 9.47 Å². The van der Waals surface area contributed by atoms with Gasteiger partial charge in [-0.1, -0.05) is 20.8 Å². The first-order chi connectivity index (χ1) is 11.6. The molecule has 1 heterocycles. The lowest BCUT2D eigenvalue weighted by molar-refractivity contribution is -0.697. The molecule has 1 aromatic heterocycles. The highest BCUT2D eigenvalue weighted by atomic mass is 16.7. The van der Waals surface area contributed by atoms with Crippen LogP contribution in [0.1, 0.15) is 73.6 Å². The van der Waals surface area contributed by atoms with E-state index in [9.17, 15) is 4.79 Å². The predicted molar refractivity (Wildman–Crippen MR) is 99.5 cm³/mol. The molecule has 0 fully saturated rings. The summed E-state index contributed by atoms with van der Waals surface area (Å²) in [7, 11) is 0. The number of aromatic nitrogens is 2. The van der Waals surface area contributed by atoms with E-state index in [0.717, 1.165) is 38.6 Å². The number of unbranched alkanes of at least 4 members (excludes halogenated alkanes) is 2. The summed E-state index contributed by atoms with van der Waals surface area (Å²) in [6.07, 6.45) is 10.7. The minimum absolute atomic E-state index is 0.102. The molecule has 0 spiro atoms. The molecule has 0 radical (unpaired) electrons. The molecule has 0 aliphatic heterocycles. The Morgan fingerprint density at radius 2 is 1.56 bits per heavy atom. The summed E-state index contributed by atoms with van der Waals surface area (Å²) >= 11 is 0. The summed E-state index contributed by atoms with van der Waals surface area (Å²) in [4.78, 5) is 11.5. The van der Waals surface area contributed by atoms with Gasteiger partial charge in [-0.15, -0.1) is 0 Å². The van der Waals surface area contributed by atoms with E-state index in [0.29, 0.717) is 18.6 Å². The third-order valence-electron chi connectivity index (χ3n) is 4.04. The van der Waals surface area contributed by atoms with Crippen molar-refractivity contribution < 1.29 is 18.8 Å². The summed E-state index contributed by atoms with van der Waals surface area (Å²) in [5.41, 5.74) is 0.442. The van der Waals surface area contributed by atoms with Gasteiger partial charge in [0.15, 0.2) is 0 Å². The SMILES string of the molecule is CC(C)(C)CCCCOC(=O)OCCCC[n+]1ccn(C(C)(C)C)c1. The summed E-state index contributed by atoms with van der Waals surface area (Å²) in [6, 6.07) is 0. The predicted octanol–water partition coefficient (Wildman–Crippen LogP) is 4.68. The van der Waals surface area contributed by atoms with E-state index in [1.165, 1.54) is 0 Å². The lowest BCUT2D eigenvalue weighted by Crippen LogP contribution is -2.32. The van der Waals surface area contributed by atoms with Crippen LogP contribution >= 0.6 is 0 Å². The molecule has 0 N–H and O–H groups in total. The molecule has 5 nitrogen and oxygen atoms in total. The van der Waals surface area contributed by atoms with Crippen molar-refractivity contribution in [2.24, 2.45) is 5.41 Å². The third-order valence-corrected chi connectivity index (χ3v) is 4.04. The Balaban J connectivity index is 2.04. The Morgan fingerprint density at radius 3 is 2.08 bits per heavy atom. The van der Waals surface area contributed by atoms with Crippen LogP contribution in [-0.4, -0.2) is 23.9 Å². The van der Waals surface area contributed by atoms with Gasteiger partial charge in [0.25, 0.3) is 0 Å². The second-order valence-corrected chi connectivity index (χ2v) is 8.90. The maximum Gasteiger partial charge on any atom is 0.508 e. The fourth-order valence-corrected chi connectivity index (χ4v) is 2.43. The van der Waals surface area contributed by atoms with Crippen molar-refractivity contribution in [2.45, 2.75) is 85.7 Å². The molecule has 25 heavy (non-hydrogen) atoms. The van der Waals surface area contributed by atoms with E-state index in [4.69, 9.17) is 9.47 Å².